The topological polar surface area (TPSA) is 51.2 Å². The summed E-state index contributed by atoms with van der Waals surface area (Å²) in [7, 11) is 0. The van der Waals surface area contributed by atoms with Crippen LogP contribution in [0.3, 0.4) is 0 Å². The average Bonchev–Trinajstić information content (AvgIpc) is 2.90. The summed E-state index contributed by atoms with van der Waals surface area (Å²) in [5, 5.41) is 4.50. The smallest absolute Gasteiger partial charge is 0.308 e. The van der Waals surface area contributed by atoms with Crippen molar-refractivity contribution in [3.05, 3.63) is 24.3 Å². The van der Waals surface area contributed by atoms with E-state index in [1.807, 2.05) is 25.1 Å². The maximum atomic E-state index is 11.7. The quantitative estimate of drug-likeness (QED) is 0.872. The van der Waals surface area contributed by atoms with Crippen LogP contribution in [0.1, 0.15) is 32.6 Å². The van der Waals surface area contributed by atoms with Crippen molar-refractivity contribution < 1.29 is 9.53 Å². The molecule has 1 heterocycles. The highest BCUT2D eigenvalue weighted by atomic mass is 32.1. The summed E-state index contributed by atoms with van der Waals surface area (Å²) in [5.41, 5.74) is 1.05. The number of benzene rings is 1. The van der Waals surface area contributed by atoms with Crippen LogP contribution in [0.2, 0.25) is 0 Å². The molecule has 3 rings (SSSR count). The first-order valence-electron chi connectivity index (χ1n) is 7.55. The van der Waals surface area contributed by atoms with Gasteiger partial charge in [-0.25, -0.2) is 4.98 Å². The van der Waals surface area contributed by atoms with Crippen LogP contribution in [0.25, 0.3) is 10.2 Å². The van der Waals surface area contributed by atoms with Crippen molar-refractivity contribution in [2.45, 2.75) is 38.6 Å². The fraction of sp³-hybridized carbons (Fsp3) is 0.500. The van der Waals surface area contributed by atoms with Gasteiger partial charge in [0.05, 0.1) is 22.7 Å². The lowest BCUT2D eigenvalue weighted by molar-refractivity contribution is -0.149. The molecule has 0 amide bonds. The van der Waals surface area contributed by atoms with E-state index in [1.54, 1.807) is 11.3 Å². The molecule has 21 heavy (non-hydrogen) atoms. The Balaban J connectivity index is 1.56. The Bertz CT molecular complexity index is 585. The van der Waals surface area contributed by atoms with Gasteiger partial charge in [-0.15, -0.1) is 0 Å². The van der Waals surface area contributed by atoms with Gasteiger partial charge in [0, 0.05) is 6.04 Å². The van der Waals surface area contributed by atoms with E-state index in [2.05, 4.69) is 16.4 Å². The normalized spacial score (nSPS) is 22.1. The van der Waals surface area contributed by atoms with E-state index in [1.165, 1.54) is 4.70 Å². The minimum absolute atomic E-state index is 0.0315. The van der Waals surface area contributed by atoms with Gasteiger partial charge in [0.2, 0.25) is 0 Å². The molecule has 2 aromatic rings. The Kier molecular flexibility index (Phi) is 4.39. The first kappa shape index (κ1) is 14.3. The van der Waals surface area contributed by atoms with E-state index < -0.39 is 0 Å². The minimum atomic E-state index is -0.0315. The summed E-state index contributed by atoms with van der Waals surface area (Å²) in [6.07, 6.45) is 3.81. The molecular weight excluding hydrogens is 284 g/mol. The van der Waals surface area contributed by atoms with Crippen LogP contribution < -0.4 is 5.32 Å². The molecule has 1 aromatic heterocycles. The molecule has 0 bridgehead atoms. The fourth-order valence-electron chi connectivity index (χ4n) is 2.84. The number of para-hydroxylation sites is 1. The average molecular weight is 304 g/mol. The molecule has 4 nitrogen and oxygen atoms in total. The van der Waals surface area contributed by atoms with Crippen molar-refractivity contribution in [1.82, 2.24) is 4.98 Å². The van der Waals surface area contributed by atoms with Crippen molar-refractivity contribution in [3.63, 3.8) is 0 Å². The lowest BCUT2D eigenvalue weighted by Gasteiger charge is -2.27. The fourth-order valence-corrected chi connectivity index (χ4v) is 3.78. The van der Waals surface area contributed by atoms with Crippen molar-refractivity contribution in [3.8, 4) is 0 Å². The zero-order valence-corrected chi connectivity index (χ0v) is 13.0. The number of anilines is 1. The maximum absolute atomic E-state index is 11.7. The molecule has 0 radical (unpaired) electrons. The molecule has 0 unspecified atom stereocenters. The Morgan fingerprint density at radius 3 is 2.81 bits per heavy atom. The molecule has 1 aliphatic carbocycles. The SMILES string of the molecule is CCOC(=O)C1CCC(Nc2nc3ccccc3s2)CC1. The van der Waals surface area contributed by atoms with Crippen molar-refractivity contribution in [2.75, 3.05) is 11.9 Å². The zero-order valence-electron chi connectivity index (χ0n) is 12.2. The van der Waals surface area contributed by atoms with E-state index in [9.17, 15) is 4.79 Å². The van der Waals surface area contributed by atoms with Crippen LogP contribution in [0, 0.1) is 5.92 Å². The number of fused-ring (bicyclic) bond motifs is 1. The standard InChI is InChI=1S/C16H20N2O2S/c1-2-20-15(19)11-7-9-12(10-8-11)17-16-18-13-5-3-4-6-14(13)21-16/h3-6,11-12H,2,7-10H2,1H3,(H,17,18). The molecule has 0 saturated heterocycles. The van der Waals surface area contributed by atoms with Crippen molar-refractivity contribution >= 4 is 32.7 Å². The highest BCUT2D eigenvalue weighted by molar-refractivity contribution is 7.22. The van der Waals surface area contributed by atoms with Gasteiger partial charge in [-0.2, -0.15) is 0 Å². The van der Waals surface area contributed by atoms with E-state index >= 15 is 0 Å². The molecule has 1 N–H and O–H groups in total. The number of rotatable bonds is 4. The van der Waals surface area contributed by atoms with Gasteiger partial charge in [0.15, 0.2) is 5.13 Å². The Labute approximate surface area is 128 Å². The molecule has 1 saturated carbocycles. The number of aromatic nitrogens is 1. The molecule has 5 heteroatoms. The van der Waals surface area contributed by atoms with Crippen molar-refractivity contribution in [2.24, 2.45) is 5.92 Å². The number of carbonyl (C=O) groups excluding carboxylic acids is 1. The number of hydrogen-bond acceptors (Lipinski definition) is 5. The summed E-state index contributed by atoms with van der Waals surface area (Å²) in [6.45, 7) is 2.33. The highest BCUT2D eigenvalue weighted by Crippen LogP contribution is 2.30. The number of nitrogens with zero attached hydrogens (tertiary/aromatic N) is 1. The maximum Gasteiger partial charge on any atom is 0.308 e. The molecule has 1 fully saturated rings. The van der Waals surface area contributed by atoms with Gasteiger partial charge in [0.25, 0.3) is 0 Å². The zero-order chi connectivity index (χ0) is 14.7. The Morgan fingerprint density at radius 2 is 2.10 bits per heavy atom. The number of carbonyl (C=O) groups is 1. The number of ether oxygens (including phenoxy) is 1. The number of hydrogen-bond donors (Lipinski definition) is 1. The predicted molar refractivity (Wildman–Crippen MR) is 85.6 cm³/mol. The van der Waals surface area contributed by atoms with Crippen LogP contribution in [0.15, 0.2) is 24.3 Å². The van der Waals surface area contributed by atoms with E-state index in [-0.39, 0.29) is 11.9 Å². The summed E-state index contributed by atoms with van der Waals surface area (Å²) in [5.74, 6) is 0.0503. The predicted octanol–water partition coefficient (Wildman–Crippen LogP) is 3.83. The Hall–Kier alpha value is -1.62. The van der Waals surface area contributed by atoms with E-state index in [0.717, 1.165) is 36.3 Å². The molecule has 0 spiro atoms. The molecule has 1 aliphatic rings. The second kappa shape index (κ2) is 6.43. The van der Waals surface area contributed by atoms with Crippen LogP contribution in [0.4, 0.5) is 5.13 Å². The Morgan fingerprint density at radius 1 is 1.33 bits per heavy atom. The van der Waals surface area contributed by atoms with Crippen molar-refractivity contribution in [1.29, 1.82) is 0 Å². The van der Waals surface area contributed by atoms with Gasteiger partial charge in [-0.3, -0.25) is 4.79 Å². The lowest BCUT2D eigenvalue weighted by Crippen LogP contribution is -2.30. The summed E-state index contributed by atoms with van der Waals surface area (Å²) in [4.78, 5) is 16.3. The molecular formula is C16H20N2O2S. The van der Waals surface area contributed by atoms with Gasteiger partial charge in [-0.1, -0.05) is 23.5 Å². The van der Waals surface area contributed by atoms with Crippen LogP contribution in [0.5, 0.6) is 0 Å². The van der Waals surface area contributed by atoms with Crippen LogP contribution in [-0.4, -0.2) is 23.6 Å². The second-order valence-electron chi connectivity index (χ2n) is 5.43. The van der Waals surface area contributed by atoms with Gasteiger partial charge >= 0.3 is 5.97 Å². The third-order valence-corrected chi connectivity index (χ3v) is 4.94. The molecule has 112 valence electrons. The van der Waals surface area contributed by atoms with E-state index in [4.69, 9.17) is 4.74 Å². The van der Waals surface area contributed by atoms with Gasteiger partial charge in [0.1, 0.15) is 0 Å². The number of thiazole rings is 1. The van der Waals surface area contributed by atoms with Crippen LogP contribution >= 0.6 is 11.3 Å². The first-order valence-corrected chi connectivity index (χ1v) is 8.36. The first-order chi connectivity index (χ1) is 10.3. The molecule has 0 aliphatic heterocycles. The summed E-state index contributed by atoms with van der Waals surface area (Å²) >= 11 is 1.69. The second-order valence-corrected chi connectivity index (χ2v) is 6.46. The third-order valence-electron chi connectivity index (χ3n) is 3.97. The molecule has 1 aromatic carbocycles. The number of esters is 1. The summed E-state index contributed by atoms with van der Waals surface area (Å²) < 4.78 is 6.31. The highest BCUT2D eigenvalue weighted by Gasteiger charge is 2.27. The monoisotopic (exact) mass is 304 g/mol. The third kappa shape index (κ3) is 3.35. The largest absolute Gasteiger partial charge is 0.466 e. The lowest BCUT2D eigenvalue weighted by atomic mass is 9.86. The van der Waals surface area contributed by atoms with Gasteiger partial charge in [-0.05, 0) is 44.7 Å². The number of nitrogens with one attached hydrogen (secondary N) is 1. The molecule has 0 atom stereocenters. The van der Waals surface area contributed by atoms with E-state index in [0.29, 0.717) is 12.6 Å². The van der Waals surface area contributed by atoms with Crippen LogP contribution in [-0.2, 0) is 9.53 Å². The van der Waals surface area contributed by atoms with Gasteiger partial charge < -0.3 is 10.1 Å². The minimum Gasteiger partial charge on any atom is -0.466 e. The summed E-state index contributed by atoms with van der Waals surface area (Å²) in [6, 6.07) is 8.59.